The average molecular weight is 653 g/mol. The van der Waals surface area contributed by atoms with E-state index in [1.807, 2.05) is 61.6 Å². The fraction of sp³-hybridized carbons (Fsp3) is 0.429. The summed E-state index contributed by atoms with van der Waals surface area (Å²) in [6, 6.07) is 21.8. The SMILES string of the molecule is CCc1cccc(-c2c(Cl)cccc2C(OCCOC(=O)NC)C2CN(C(=O)NCC(Cc3ccc(OC)cc3)NC)CCO2)c1. The van der Waals surface area contributed by atoms with Crippen molar-refractivity contribution in [3.8, 4) is 16.9 Å². The largest absolute Gasteiger partial charge is 0.497 e. The van der Waals surface area contributed by atoms with Gasteiger partial charge in [-0.3, -0.25) is 0 Å². The quantitative estimate of drug-likeness (QED) is 0.205. The number of methoxy groups -OCH3 is 1. The summed E-state index contributed by atoms with van der Waals surface area (Å²) in [5.41, 5.74) is 4.97. The van der Waals surface area contributed by atoms with Crippen molar-refractivity contribution < 1.29 is 28.5 Å². The number of carbonyl (C=O) groups is 2. The molecule has 0 radical (unpaired) electrons. The highest BCUT2D eigenvalue weighted by Crippen LogP contribution is 2.39. The van der Waals surface area contributed by atoms with Crippen molar-refractivity contribution in [2.24, 2.45) is 0 Å². The molecule has 0 bridgehead atoms. The van der Waals surface area contributed by atoms with Gasteiger partial charge >= 0.3 is 12.1 Å². The number of alkyl carbamates (subject to hydrolysis) is 1. The fourth-order valence-electron chi connectivity index (χ4n) is 5.50. The van der Waals surface area contributed by atoms with Crippen molar-refractivity contribution >= 4 is 23.7 Å². The molecule has 1 aliphatic heterocycles. The number of morpholine rings is 1. The fourth-order valence-corrected chi connectivity index (χ4v) is 5.79. The minimum absolute atomic E-state index is 0.0403. The van der Waals surface area contributed by atoms with Crippen LogP contribution >= 0.6 is 11.6 Å². The lowest BCUT2D eigenvalue weighted by Crippen LogP contribution is -2.53. The molecule has 10 nitrogen and oxygen atoms in total. The molecule has 3 aromatic carbocycles. The van der Waals surface area contributed by atoms with Crippen LogP contribution in [0.15, 0.2) is 66.7 Å². The Balaban J connectivity index is 1.50. The van der Waals surface area contributed by atoms with Gasteiger partial charge in [0.05, 0.1) is 26.9 Å². The van der Waals surface area contributed by atoms with Crippen LogP contribution in [0, 0.1) is 0 Å². The number of hydrogen-bond acceptors (Lipinski definition) is 7. The van der Waals surface area contributed by atoms with Crippen LogP contribution < -0.4 is 20.7 Å². The Labute approximate surface area is 276 Å². The molecule has 3 amide bonds. The van der Waals surface area contributed by atoms with Crippen molar-refractivity contribution in [2.75, 3.05) is 60.7 Å². The zero-order valence-electron chi connectivity index (χ0n) is 27.0. The standard InChI is InChI=1S/C35H45ClN4O6/c1-5-24-8-6-9-26(20-24)32-29(10-7-11-30(32)36)33(45-18-19-46-35(42)38-3)31-23-40(16-17-44-31)34(41)39-22-27(37-2)21-25-12-14-28(43-4)15-13-25/h6-15,20,27,31,33,37H,5,16-19,21-23H2,1-4H3,(H,38,42)(H,39,41). The lowest BCUT2D eigenvalue weighted by Gasteiger charge is -2.38. The number of amides is 3. The average Bonchev–Trinajstić information content (AvgIpc) is 3.10. The van der Waals surface area contributed by atoms with E-state index in [2.05, 4.69) is 35.0 Å². The first-order valence-corrected chi connectivity index (χ1v) is 16.0. The molecule has 248 valence electrons. The molecular formula is C35H45ClN4O6. The molecule has 0 aromatic heterocycles. The Hall–Kier alpha value is -3.83. The molecule has 3 unspecified atom stereocenters. The number of urea groups is 1. The Bertz CT molecular complexity index is 1420. The third-order valence-corrected chi connectivity index (χ3v) is 8.38. The Morgan fingerprint density at radius 1 is 1.04 bits per heavy atom. The first kappa shape index (κ1) is 35.0. The Morgan fingerprint density at radius 3 is 2.54 bits per heavy atom. The summed E-state index contributed by atoms with van der Waals surface area (Å²) >= 11 is 6.84. The van der Waals surface area contributed by atoms with Gasteiger partial charge in [-0.05, 0) is 60.3 Å². The van der Waals surface area contributed by atoms with Crippen LogP contribution in [0.2, 0.25) is 5.02 Å². The van der Waals surface area contributed by atoms with E-state index in [1.165, 1.54) is 12.6 Å². The van der Waals surface area contributed by atoms with Gasteiger partial charge in [0, 0.05) is 36.8 Å². The van der Waals surface area contributed by atoms with Crippen molar-refractivity contribution in [1.82, 2.24) is 20.9 Å². The molecule has 1 saturated heterocycles. The molecule has 3 atom stereocenters. The highest BCUT2D eigenvalue weighted by atomic mass is 35.5. The molecular weight excluding hydrogens is 608 g/mol. The lowest BCUT2D eigenvalue weighted by atomic mass is 9.92. The molecule has 0 spiro atoms. The maximum absolute atomic E-state index is 13.4. The summed E-state index contributed by atoms with van der Waals surface area (Å²) in [5, 5.41) is 9.42. The summed E-state index contributed by atoms with van der Waals surface area (Å²) in [7, 11) is 5.04. The number of benzene rings is 3. The van der Waals surface area contributed by atoms with E-state index in [-0.39, 0.29) is 25.3 Å². The highest BCUT2D eigenvalue weighted by Gasteiger charge is 2.34. The van der Waals surface area contributed by atoms with Crippen LogP contribution in [0.4, 0.5) is 9.59 Å². The molecule has 4 rings (SSSR count). The van der Waals surface area contributed by atoms with Gasteiger partial charge in [0.15, 0.2) is 0 Å². The normalized spacial score (nSPS) is 15.9. The Morgan fingerprint density at radius 2 is 1.83 bits per heavy atom. The highest BCUT2D eigenvalue weighted by molar-refractivity contribution is 6.33. The van der Waals surface area contributed by atoms with Crippen molar-refractivity contribution in [3.05, 3.63) is 88.4 Å². The second kappa shape index (κ2) is 17.8. The van der Waals surface area contributed by atoms with Gasteiger partial charge in [0.2, 0.25) is 0 Å². The molecule has 0 saturated carbocycles. The smallest absolute Gasteiger partial charge is 0.406 e. The topological polar surface area (TPSA) is 110 Å². The molecule has 1 fully saturated rings. The van der Waals surface area contributed by atoms with Crippen molar-refractivity contribution in [2.45, 2.75) is 38.0 Å². The number of rotatable bonds is 14. The predicted molar refractivity (Wildman–Crippen MR) is 180 cm³/mol. The van der Waals surface area contributed by atoms with E-state index >= 15 is 0 Å². The minimum atomic E-state index is -0.594. The Kier molecular flexibility index (Phi) is 13.5. The second-order valence-corrected chi connectivity index (χ2v) is 11.4. The maximum atomic E-state index is 13.4. The van der Waals surface area contributed by atoms with E-state index in [0.717, 1.165) is 40.8 Å². The van der Waals surface area contributed by atoms with Gasteiger partial charge in [-0.2, -0.15) is 0 Å². The summed E-state index contributed by atoms with van der Waals surface area (Å²) in [5.74, 6) is 0.806. The van der Waals surface area contributed by atoms with Gasteiger partial charge in [0.1, 0.15) is 24.6 Å². The van der Waals surface area contributed by atoms with Crippen LogP contribution in [0.25, 0.3) is 11.1 Å². The van der Waals surface area contributed by atoms with Gasteiger partial charge in [-0.25, -0.2) is 9.59 Å². The van der Waals surface area contributed by atoms with Gasteiger partial charge in [-0.1, -0.05) is 67.1 Å². The number of aryl methyl sites for hydroxylation is 1. The first-order valence-electron chi connectivity index (χ1n) is 15.6. The number of ether oxygens (including phenoxy) is 4. The zero-order valence-corrected chi connectivity index (χ0v) is 27.8. The van der Waals surface area contributed by atoms with Crippen LogP contribution in [0.5, 0.6) is 5.75 Å². The summed E-state index contributed by atoms with van der Waals surface area (Å²) in [6.45, 7) is 3.82. The number of likely N-dealkylation sites (N-methyl/N-ethyl adjacent to an activating group) is 1. The molecule has 0 aliphatic carbocycles. The predicted octanol–water partition coefficient (Wildman–Crippen LogP) is 5.23. The van der Waals surface area contributed by atoms with Crippen LogP contribution in [0.1, 0.15) is 29.7 Å². The molecule has 1 aliphatic rings. The minimum Gasteiger partial charge on any atom is -0.497 e. The van der Waals surface area contributed by atoms with Crippen molar-refractivity contribution in [1.29, 1.82) is 0 Å². The monoisotopic (exact) mass is 652 g/mol. The van der Waals surface area contributed by atoms with Crippen molar-refractivity contribution in [3.63, 3.8) is 0 Å². The molecule has 3 aromatic rings. The third-order valence-electron chi connectivity index (χ3n) is 8.06. The first-order chi connectivity index (χ1) is 22.4. The zero-order chi connectivity index (χ0) is 32.9. The number of halogens is 1. The maximum Gasteiger partial charge on any atom is 0.406 e. The summed E-state index contributed by atoms with van der Waals surface area (Å²) in [6.07, 6.45) is 0.00327. The molecule has 1 heterocycles. The summed E-state index contributed by atoms with van der Waals surface area (Å²) in [4.78, 5) is 26.8. The molecule has 46 heavy (non-hydrogen) atoms. The number of nitrogens with one attached hydrogen (secondary N) is 3. The van der Waals surface area contributed by atoms with Crippen LogP contribution in [-0.4, -0.2) is 89.8 Å². The van der Waals surface area contributed by atoms with E-state index in [9.17, 15) is 9.59 Å². The molecule has 3 N–H and O–H groups in total. The van der Waals surface area contributed by atoms with Gasteiger partial charge < -0.3 is 39.8 Å². The third kappa shape index (κ3) is 9.59. The molecule has 11 heteroatoms. The van der Waals surface area contributed by atoms with Crippen LogP contribution in [-0.2, 0) is 27.1 Å². The second-order valence-electron chi connectivity index (χ2n) is 11.0. The van der Waals surface area contributed by atoms with E-state index in [1.54, 1.807) is 12.0 Å². The number of carbonyl (C=O) groups excluding carboxylic acids is 2. The lowest BCUT2D eigenvalue weighted by molar-refractivity contribution is -0.110. The van der Waals surface area contributed by atoms with Gasteiger partial charge in [0.25, 0.3) is 0 Å². The van der Waals surface area contributed by atoms with E-state index < -0.39 is 18.3 Å². The van der Waals surface area contributed by atoms with E-state index in [4.69, 9.17) is 30.5 Å². The summed E-state index contributed by atoms with van der Waals surface area (Å²) < 4.78 is 23.1. The van der Waals surface area contributed by atoms with Crippen LogP contribution in [0.3, 0.4) is 0 Å². The number of nitrogens with zero attached hydrogens (tertiary/aromatic N) is 1. The van der Waals surface area contributed by atoms with E-state index in [0.29, 0.717) is 31.3 Å². The number of hydrogen-bond donors (Lipinski definition) is 3. The van der Waals surface area contributed by atoms with Gasteiger partial charge in [-0.15, -0.1) is 0 Å².